The van der Waals surface area contributed by atoms with Crippen molar-refractivity contribution in [3.8, 4) is 0 Å². The van der Waals surface area contributed by atoms with Gasteiger partial charge in [0.15, 0.2) is 0 Å². The van der Waals surface area contributed by atoms with Crippen LogP contribution < -0.4 is 5.73 Å². The molecule has 8 heteroatoms. The number of halogens is 3. The Bertz CT molecular complexity index is 471. The van der Waals surface area contributed by atoms with Crippen molar-refractivity contribution in [3.63, 3.8) is 0 Å². The van der Waals surface area contributed by atoms with Crippen LogP contribution in [0.2, 0.25) is 0 Å². The third-order valence-electron chi connectivity index (χ3n) is 5.43. The normalized spacial score (nSPS) is 18.7. The molecule has 5 nitrogen and oxygen atoms in total. The Morgan fingerprint density at radius 2 is 1.81 bits per heavy atom. The predicted molar refractivity (Wildman–Crippen MR) is 94.3 cm³/mol. The molecule has 152 valence electrons. The SMILES string of the molecule is CCCN(CC(F)(F)F)C(=O)C1CCCN(C(=O)C(CC)(CC)CN)C1. The van der Waals surface area contributed by atoms with Crippen molar-refractivity contribution in [2.24, 2.45) is 17.1 Å². The maximum absolute atomic E-state index is 12.9. The quantitative estimate of drug-likeness (QED) is 0.705. The molecular weight excluding hydrogens is 347 g/mol. The fourth-order valence-corrected chi connectivity index (χ4v) is 3.64. The average molecular weight is 379 g/mol. The second kappa shape index (κ2) is 9.58. The maximum Gasteiger partial charge on any atom is 0.406 e. The monoisotopic (exact) mass is 379 g/mol. The number of hydrogen-bond acceptors (Lipinski definition) is 3. The molecule has 0 bridgehead atoms. The molecule has 1 aliphatic rings. The Morgan fingerprint density at radius 3 is 2.27 bits per heavy atom. The molecular formula is C18H32F3N3O2. The van der Waals surface area contributed by atoms with Gasteiger partial charge in [-0.05, 0) is 32.1 Å². The highest BCUT2D eigenvalue weighted by molar-refractivity contribution is 5.85. The van der Waals surface area contributed by atoms with Gasteiger partial charge in [0.1, 0.15) is 6.54 Å². The first-order valence-electron chi connectivity index (χ1n) is 9.49. The van der Waals surface area contributed by atoms with Crippen molar-refractivity contribution in [3.05, 3.63) is 0 Å². The minimum atomic E-state index is -4.42. The summed E-state index contributed by atoms with van der Waals surface area (Å²) in [5.74, 6) is -1.17. The number of alkyl halides is 3. The van der Waals surface area contributed by atoms with Gasteiger partial charge in [-0.1, -0.05) is 20.8 Å². The highest BCUT2D eigenvalue weighted by Gasteiger charge is 2.41. The maximum atomic E-state index is 12.9. The van der Waals surface area contributed by atoms with Crippen molar-refractivity contribution in [2.45, 2.75) is 59.1 Å². The zero-order valence-electron chi connectivity index (χ0n) is 16.1. The third-order valence-corrected chi connectivity index (χ3v) is 5.43. The third kappa shape index (κ3) is 5.59. The summed E-state index contributed by atoms with van der Waals surface area (Å²) in [6.07, 6.45) is -1.64. The lowest BCUT2D eigenvalue weighted by Gasteiger charge is -2.40. The first kappa shape index (κ1) is 22.7. The highest BCUT2D eigenvalue weighted by Crippen LogP contribution is 2.31. The van der Waals surface area contributed by atoms with E-state index in [1.54, 1.807) is 11.8 Å². The van der Waals surface area contributed by atoms with Gasteiger partial charge in [0, 0.05) is 26.2 Å². The number of likely N-dealkylation sites (tertiary alicyclic amines) is 1. The van der Waals surface area contributed by atoms with E-state index in [1.807, 2.05) is 13.8 Å². The Balaban J connectivity index is 2.88. The molecule has 0 aliphatic carbocycles. The molecule has 0 radical (unpaired) electrons. The summed E-state index contributed by atoms with van der Waals surface area (Å²) in [4.78, 5) is 28.1. The summed E-state index contributed by atoms with van der Waals surface area (Å²) in [7, 11) is 0. The predicted octanol–water partition coefficient (Wildman–Crippen LogP) is 2.79. The fraction of sp³-hybridized carbons (Fsp3) is 0.889. The summed E-state index contributed by atoms with van der Waals surface area (Å²) >= 11 is 0. The molecule has 26 heavy (non-hydrogen) atoms. The minimum Gasteiger partial charge on any atom is -0.341 e. The van der Waals surface area contributed by atoms with Gasteiger partial charge in [0.2, 0.25) is 11.8 Å². The van der Waals surface area contributed by atoms with Crippen LogP contribution >= 0.6 is 0 Å². The van der Waals surface area contributed by atoms with Gasteiger partial charge in [-0.25, -0.2) is 0 Å². The molecule has 0 aromatic carbocycles. The van der Waals surface area contributed by atoms with Gasteiger partial charge in [-0.2, -0.15) is 13.2 Å². The van der Waals surface area contributed by atoms with E-state index >= 15 is 0 Å². The zero-order chi connectivity index (χ0) is 20.0. The largest absolute Gasteiger partial charge is 0.406 e. The van der Waals surface area contributed by atoms with Crippen molar-refractivity contribution in [2.75, 3.05) is 32.7 Å². The number of hydrogen-bond donors (Lipinski definition) is 1. The van der Waals surface area contributed by atoms with Gasteiger partial charge in [-0.3, -0.25) is 9.59 Å². The summed E-state index contributed by atoms with van der Waals surface area (Å²) in [5, 5.41) is 0. The van der Waals surface area contributed by atoms with Crippen LogP contribution in [0.25, 0.3) is 0 Å². The molecule has 0 aromatic rings. The number of amides is 2. The van der Waals surface area contributed by atoms with Gasteiger partial charge < -0.3 is 15.5 Å². The average Bonchev–Trinajstić information content (AvgIpc) is 2.61. The Labute approximate surface area is 154 Å². The molecule has 1 heterocycles. The smallest absolute Gasteiger partial charge is 0.341 e. The zero-order valence-corrected chi connectivity index (χ0v) is 16.1. The molecule has 1 fully saturated rings. The molecule has 2 amide bonds. The van der Waals surface area contributed by atoms with Crippen LogP contribution in [0.4, 0.5) is 13.2 Å². The molecule has 1 aliphatic heterocycles. The van der Waals surface area contributed by atoms with Gasteiger partial charge in [0.25, 0.3) is 0 Å². The molecule has 1 rings (SSSR count). The van der Waals surface area contributed by atoms with E-state index < -0.39 is 30.0 Å². The van der Waals surface area contributed by atoms with E-state index in [9.17, 15) is 22.8 Å². The number of rotatable bonds is 8. The number of nitrogens with zero attached hydrogens (tertiary/aromatic N) is 2. The molecule has 0 aromatic heterocycles. The van der Waals surface area contributed by atoms with Crippen LogP contribution in [0.5, 0.6) is 0 Å². The van der Waals surface area contributed by atoms with Crippen LogP contribution in [0.3, 0.4) is 0 Å². The lowest BCUT2D eigenvalue weighted by atomic mass is 9.80. The van der Waals surface area contributed by atoms with Crippen molar-refractivity contribution >= 4 is 11.8 Å². The molecule has 2 N–H and O–H groups in total. The van der Waals surface area contributed by atoms with Crippen molar-refractivity contribution in [1.82, 2.24) is 9.80 Å². The minimum absolute atomic E-state index is 0.0689. The molecule has 1 atom stereocenters. The molecule has 1 unspecified atom stereocenters. The van der Waals surface area contributed by atoms with E-state index in [0.29, 0.717) is 38.6 Å². The van der Waals surface area contributed by atoms with E-state index in [4.69, 9.17) is 5.73 Å². The topological polar surface area (TPSA) is 66.6 Å². The number of nitrogens with two attached hydrogens (primary N) is 1. The fourth-order valence-electron chi connectivity index (χ4n) is 3.64. The Hall–Kier alpha value is -1.31. The van der Waals surface area contributed by atoms with Gasteiger partial charge in [0.05, 0.1) is 11.3 Å². The Morgan fingerprint density at radius 1 is 1.19 bits per heavy atom. The number of carbonyl (C=O) groups is 2. The molecule has 0 saturated carbocycles. The van der Waals surface area contributed by atoms with E-state index in [1.165, 1.54) is 0 Å². The summed E-state index contributed by atoms with van der Waals surface area (Å²) < 4.78 is 38.3. The number of piperidine rings is 1. The first-order chi connectivity index (χ1) is 12.1. The van der Waals surface area contributed by atoms with Crippen molar-refractivity contribution in [1.29, 1.82) is 0 Å². The highest BCUT2D eigenvalue weighted by atomic mass is 19.4. The number of carbonyl (C=O) groups excluding carboxylic acids is 2. The second-order valence-corrected chi connectivity index (χ2v) is 7.16. The Kier molecular flexibility index (Phi) is 8.37. The van der Waals surface area contributed by atoms with E-state index in [0.717, 1.165) is 4.90 Å². The summed E-state index contributed by atoms with van der Waals surface area (Å²) in [6.45, 7) is 5.32. The summed E-state index contributed by atoms with van der Waals surface area (Å²) in [6, 6.07) is 0. The van der Waals surface area contributed by atoms with Gasteiger partial charge >= 0.3 is 6.18 Å². The van der Waals surface area contributed by atoms with Crippen LogP contribution in [0.15, 0.2) is 0 Å². The first-order valence-corrected chi connectivity index (χ1v) is 9.49. The van der Waals surface area contributed by atoms with Crippen LogP contribution in [-0.4, -0.2) is 60.5 Å². The summed E-state index contributed by atoms with van der Waals surface area (Å²) in [5.41, 5.74) is 5.19. The van der Waals surface area contributed by atoms with Crippen molar-refractivity contribution < 1.29 is 22.8 Å². The van der Waals surface area contributed by atoms with Crippen LogP contribution in [-0.2, 0) is 9.59 Å². The van der Waals surface area contributed by atoms with Gasteiger partial charge in [-0.15, -0.1) is 0 Å². The van der Waals surface area contributed by atoms with E-state index in [2.05, 4.69) is 0 Å². The molecule has 1 saturated heterocycles. The lowest BCUT2D eigenvalue weighted by Crippen LogP contribution is -2.53. The molecule has 0 spiro atoms. The lowest BCUT2D eigenvalue weighted by molar-refractivity contribution is -0.165. The van der Waals surface area contributed by atoms with E-state index in [-0.39, 0.29) is 25.5 Å². The second-order valence-electron chi connectivity index (χ2n) is 7.16. The van der Waals surface area contributed by atoms with Crippen LogP contribution in [0, 0.1) is 11.3 Å². The standard InChI is InChI=1S/C18H32F3N3O2/c1-4-9-24(13-18(19,20)21)15(25)14-8-7-10-23(11-14)16(26)17(5-2,6-3)12-22/h14H,4-13,22H2,1-3H3. The van der Waals surface area contributed by atoms with Crippen LogP contribution in [0.1, 0.15) is 52.9 Å².